The highest BCUT2D eigenvalue weighted by Gasteiger charge is 2.11. The summed E-state index contributed by atoms with van der Waals surface area (Å²) in [6, 6.07) is 15.4. The summed E-state index contributed by atoms with van der Waals surface area (Å²) < 4.78 is 7.11. The average Bonchev–Trinajstić information content (AvgIpc) is 2.69. The minimum atomic E-state index is -0.282. The first-order valence-electron chi connectivity index (χ1n) is 9.92. The van der Waals surface area contributed by atoms with Gasteiger partial charge in [0.1, 0.15) is 12.3 Å². The predicted molar refractivity (Wildman–Crippen MR) is 114 cm³/mol. The Morgan fingerprint density at radius 3 is 2.55 bits per heavy atom. The fourth-order valence-corrected chi connectivity index (χ4v) is 3.20. The minimum absolute atomic E-state index is 0.00195. The van der Waals surface area contributed by atoms with Gasteiger partial charge in [0.05, 0.1) is 23.3 Å². The highest BCUT2D eigenvalue weighted by atomic mass is 16.5. The van der Waals surface area contributed by atoms with Crippen molar-refractivity contribution in [2.24, 2.45) is 0 Å². The van der Waals surface area contributed by atoms with E-state index in [-0.39, 0.29) is 30.2 Å². The molecule has 0 spiro atoms. The molecular weight excluding hydrogens is 366 g/mol. The van der Waals surface area contributed by atoms with E-state index in [1.807, 2.05) is 51.1 Å². The molecule has 1 N–H and O–H groups in total. The first kappa shape index (κ1) is 20.6. The van der Waals surface area contributed by atoms with Crippen LogP contribution in [0.25, 0.3) is 11.0 Å². The van der Waals surface area contributed by atoms with E-state index in [0.29, 0.717) is 11.0 Å². The van der Waals surface area contributed by atoms with Crippen LogP contribution in [-0.2, 0) is 17.8 Å². The number of nitrogens with one attached hydrogen (secondary N) is 1. The lowest BCUT2D eigenvalue weighted by Gasteiger charge is -2.16. The van der Waals surface area contributed by atoms with Gasteiger partial charge in [0.15, 0.2) is 0 Å². The molecule has 1 heterocycles. The molecule has 6 nitrogen and oxygen atoms in total. The van der Waals surface area contributed by atoms with E-state index in [1.54, 1.807) is 6.07 Å². The van der Waals surface area contributed by atoms with Gasteiger partial charge in [-0.25, -0.2) is 4.98 Å². The molecule has 2 aromatic carbocycles. The maximum absolute atomic E-state index is 12.5. The van der Waals surface area contributed by atoms with Crippen molar-refractivity contribution in [3.63, 3.8) is 0 Å². The zero-order valence-electron chi connectivity index (χ0n) is 17.1. The van der Waals surface area contributed by atoms with Gasteiger partial charge in [0.25, 0.3) is 5.56 Å². The minimum Gasteiger partial charge on any atom is -0.491 e. The van der Waals surface area contributed by atoms with E-state index in [9.17, 15) is 9.59 Å². The van der Waals surface area contributed by atoms with Crippen molar-refractivity contribution in [1.82, 2.24) is 14.9 Å². The van der Waals surface area contributed by atoms with Crippen molar-refractivity contribution in [2.45, 2.75) is 52.3 Å². The zero-order chi connectivity index (χ0) is 20.8. The van der Waals surface area contributed by atoms with Crippen molar-refractivity contribution in [1.29, 1.82) is 0 Å². The molecule has 0 bridgehead atoms. The highest BCUT2D eigenvalue weighted by Crippen LogP contribution is 2.15. The summed E-state index contributed by atoms with van der Waals surface area (Å²) in [7, 11) is 0. The van der Waals surface area contributed by atoms with Gasteiger partial charge in [0.2, 0.25) is 5.91 Å². The Labute approximate surface area is 170 Å². The van der Waals surface area contributed by atoms with Crippen LogP contribution in [0.2, 0.25) is 0 Å². The second-order valence-corrected chi connectivity index (χ2v) is 7.49. The van der Waals surface area contributed by atoms with Crippen molar-refractivity contribution in [3.8, 4) is 5.75 Å². The van der Waals surface area contributed by atoms with Crippen molar-refractivity contribution >= 4 is 16.9 Å². The summed E-state index contributed by atoms with van der Waals surface area (Å²) in [5, 5.41) is 2.98. The molecule has 0 aliphatic heterocycles. The van der Waals surface area contributed by atoms with Gasteiger partial charge < -0.3 is 10.1 Å². The van der Waals surface area contributed by atoms with Gasteiger partial charge in [-0.15, -0.1) is 0 Å². The third kappa shape index (κ3) is 5.67. The van der Waals surface area contributed by atoms with Gasteiger partial charge in [0, 0.05) is 6.04 Å². The third-order valence-corrected chi connectivity index (χ3v) is 4.62. The van der Waals surface area contributed by atoms with Crippen LogP contribution in [0.4, 0.5) is 0 Å². The molecule has 1 aromatic heterocycles. The molecule has 6 heteroatoms. The normalized spacial score (nSPS) is 12.1. The van der Waals surface area contributed by atoms with Crippen LogP contribution in [0.15, 0.2) is 59.5 Å². The van der Waals surface area contributed by atoms with Crippen LogP contribution in [0, 0.1) is 0 Å². The summed E-state index contributed by atoms with van der Waals surface area (Å²) in [6.07, 6.45) is 3.07. The number of benzene rings is 2. The highest BCUT2D eigenvalue weighted by molar-refractivity contribution is 5.80. The van der Waals surface area contributed by atoms with Crippen LogP contribution in [-0.4, -0.2) is 27.6 Å². The van der Waals surface area contributed by atoms with Gasteiger partial charge in [-0.3, -0.25) is 14.2 Å². The lowest BCUT2D eigenvalue weighted by atomic mass is 10.1. The summed E-state index contributed by atoms with van der Waals surface area (Å²) in [4.78, 5) is 28.8. The molecule has 3 aromatic rings. The number of amides is 1. The number of rotatable bonds is 8. The number of fused-ring (bicyclic) bond motifs is 1. The number of hydrogen-bond donors (Lipinski definition) is 1. The number of para-hydroxylation sites is 2. The van der Waals surface area contributed by atoms with Gasteiger partial charge in [-0.05, 0) is 63.4 Å². The Bertz CT molecular complexity index is 1030. The maximum atomic E-state index is 12.5. The first-order chi connectivity index (χ1) is 13.9. The Morgan fingerprint density at radius 1 is 1.10 bits per heavy atom. The van der Waals surface area contributed by atoms with E-state index >= 15 is 0 Å². The number of hydrogen-bond acceptors (Lipinski definition) is 4. The quantitative estimate of drug-likeness (QED) is 0.637. The Balaban J connectivity index is 1.55. The molecule has 1 amide bonds. The number of nitrogens with zero attached hydrogens (tertiary/aromatic N) is 2. The molecule has 152 valence electrons. The molecule has 0 aliphatic rings. The monoisotopic (exact) mass is 393 g/mol. The van der Waals surface area contributed by atoms with Crippen LogP contribution in [0.1, 0.15) is 32.8 Å². The summed E-state index contributed by atoms with van der Waals surface area (Å²) in [6.45, 7) is 5.96. The van der Waals surface area contributed by atoms with E-state index in [1.165, 1.54) is 16.3 Å². The summed E-state index contributed by atoms with van der Waals surface area (Å²) in [5.74, 6) is 0.678. The summed E-state index contributed by atoms with van der Waals surface area (Å²) >= 11 is 0. The third-order valence-electron chi connectivity index (χ3n) is 4.62. The van der Waals surface area contributed by atoms with Crippen molar-refractivity contribution in [3.05, 3.63) is 70.6 Å². The van der Waals surface area contributed by atoms with E-state index < -0.39 is 0 Å². The molecule has 3 rings (SSSR count). The Hall–Kier alpha value is -3.15. The molecule has 0 fully saturated rings. The molecule has 0 saturated carbocycles. The van der Waals surface area contributed by atoms with Gasteiger partial charge in [-0.2, -0.15) is 0 Å². The topological polar surface area (TPSA) is 73.2 Å². The van der Waals surface area contributed by atoms with Crippen molar-refractivity contribution < 1.29 is 9.53 Å². The van der Waals surface area contributed by atoms with Gasteiger partial charge >= 0.3 is 0 Å². The Kier molecular flexibility index (Phi) is 6.65. The molecule has 0 saturated heterocycles. The van der Waals surface area contributed by atoms with Crippen LogP contribution in [0.5, 0.6) is 5.75 Å². The fraction of sp³-hybridized carbons (Fsp3) is 0.348. The smallest absolute Gasteiger partial charge is 0.269 e. The molecule has 1 unspecified atom stereocenters. The van der Waals surface area contributed by atoms with Crippen LogP contribution in [0.3, 0.4) is 0 Å². The molecule has 0 aliphatic carbocycles. The van der Waals surface area contributed by atoms with Crippen LogP contribution >= 0.6 is 0 Å². The SMILES string of the molecule is CC(CCc1ccc(OC(C)C)cc1)NC(=O)Cn1c(=O)cnc2ccccc21. The zero-order valence-corrected chi connectivity index (χ0v) is 17.1. The summed E-state index contributed by atoms with van der Waals surface area (Å²) in [5.41, 5.74) is 2.26. The molecule has 1 atom stereocenters. The Morgan fingerprint density at radius 2 is 1.83 bits per heavy atom. The predicted octanol–water partition coefficient (Wildman–Crippen LogP) is 3.32. The number of aromatic nitrogens is 2. The fourth-order valence-electron chi connectivity index (χ4n) is 3.20. The second kappa shape index (κ2) is 9.37. The number of carbonyl (C=O) groups excluding carboxylic acids is 1. The molecule has 0 radical (unpaired) electrons. The maximum Gasteiger partial charge on any atom is 0.269 e. The molecule has 29 heavy (non-hydrogen) atoms. The van der Waals surface area contributed by atoms with Crippen molar-refractivity contribution in [2.75, 3.05) is 0 Å². The second-order valence-electron chi connectivity index (χ2n) is 7.49. The number of carbonyl (C=O) groups is 1. The molecular formula is C23H27N3O3. The van der Waals surface area contributed by atoms with E-state index in [2.05, 4.69) is 22.4 Å². The lowest BCUT2D eigenvalue weighted by molar-refractivity contribution is -0.122. The first-order valence-corrected chi connectivity index (χ1v) is 9.92. The average molecular weight is 393 g/mol. The van der Waals surface area contributed by atoms with Gasteiger partial charge in [-0.1, -0.05) is 24.3 Å². The standard InChI is InChI=1S/C23H27N3O3/c1-16(2)29-19-12-10-18(11-13-19)9-8-17(3)25-22(27)15-26-21-7-5-4-6-20(21)24-14-23(26)28/h4-7,10-14,16-17H,8-9,15H2,1-3H3,(H,25,27). The lowest BCUT2D eigenvalue weighted by Crippen LogP contribution is -2.37. The van der Waals surface area contributed by atoms with E-state index in [0.717, 1.165) is 18.6 Å². The largest absolute Gasteiger partial charge is 0.491 e. The van der Waals surface area contributed by atoms with E-state index in [4.69, 9.17) is 4.74 Å². The van der Waals surface area contributed by atoms with Crippen LogP contribution < -0.4 is 15.6 Å². The number of ether oxygens (including phenoxy) is 1. The number of aryl methyl sites for hydroxylation is 1.